The van der Waals surface area contributed by atoms with E-state index in [2.05, 4.69) is 25.1 Å². The molecule has 2 aromatic rings. The summed E-state index contributed by atoms with van der Waals surface area (Å²) in [5.74, 6) is 1.44. The number of benzene rings is 2. The van der Waals surface area contributed by atoms with Gasteiger partial charge in [0.2, 0.25) is 0 Å². The summed E-state index contributed by atoms with van der Waals surface area (Å²) in [6, 6.07) is 15.6. The molecule has 1 aliphatic heterocycles. The van der Waals surface area contributed by atoms with Crippen molar-refractivity contribution in [1.29, 1.82) is 0 Å². The van der Waals surface area contributed by atoms with Gasteiger partial charge in [0, 0.05) is 28.9 Å². The molecule has 0 saturated heterocycles. The van der Waals surface area contributed by atoms with Crippen LogP contribution in [0.1, 0.15) is 50.7 Å². The molecule has 0 radical (unpaired) electrons. The number of halogens is 1. The van der Waals surface area contributed by atoms with Gasteiger partial charge in [-0.3, -0.25) is 0 Å². The first kappa shape index (κ1) is 22.2. The maximum Gasteiger partial charge on any atom is 0.134 e. The molecule has 2 aromatic carbocycles. The number of rotatable bonds is 7. The Labute approximate surface area is 189 Å². The monoisotopic (exact) mass is 442 g/mol. The molecule has 1 aliphatic carbocycles. The van der Waals surface area contributed by atoms with Crippen LogP contribution in [-0.4, -0.2) is 34.1 Å². The second-order valence-corrected chi connectivity index (χ2v) is 9.56. The van der Waals surface area contributed by atoms with Gasteiger partial charge in [-0.25, -0.2) is 0 Å². The van der Waals surface area contributed by atoms with Crippen LogP contribution in [0.4, 0.5) is 0 Å². The van der Waals surface area contributed by atoms with E-state index in [-0.39, 0.29) is 23.0 Å². The molecule has 0 aromatic heterocycles. The highest BCUT2D eigenvalue weighted by Gasteiger charge is 2.49. The third-order valence-electron chi connectivity index (χ3n) is 6.40. The van der Waals surface area contributed by atoms with Crippen molar-refractivity contribution in [3.05, 3.63) is 70.8 Å². The molecule has 1 heterocycles. The molecular weight excluding hydrogens is 412 g/mol. The third-order valence-corrected chi connectivity index (χ3v) is 6.74. The van der Waals surface area contributed by atoms with Crippen molar-refractivity contribution in [2.75, 3.05) is 0 Å². The summed E-state index contributed by atoms with van der Waals surface area (Å²) in [5, 5.41) is 22.0. The van der Waals surface area contributed by atoms with E-state index in [4.69, 9.17) is 21.1 Å². The fraction of sp³-hybridized carbons (Fsp3) is 0.462. The van der Waals surface area contributed by atoms with E-state index in [0.717, 1.165) is 24.2 Å². The molecule has 5 atom stereocenters. The van der Waals surface area contributed by atoms with Gasteiger partial charge in [-0.1, -0.05) is 67.4 Å². The molecule has 4 rings (SSSR count). The first-order chi connectivity index (χ1) is 14.8. The summed E-state index contributed by atoms with van der Waals surface area (Å²) < 4.78 is 12.3. The van der Waals surface area contributed by atoms with Gasteiger partial charge in [0.05, 0.1) is 6.10 Å². The van der Waals surface area contributed by atoms with Gasteiger partial charge in [0.15, 0.2) is 0 Å². The zero-order chi connectivity index (χ0) is 22.2. The van der Waals surface area contributed by atoms with Crippen LogP contribution in [0.5, 0.6) is 11.5 Å². The van der Waals surface area contributed by atoms with Crippen molar-refractivity contribution < 1.29 is 19.7 Å². The minimum absolute atomic E-state index is 0.0286. The number of fused-ring (bicyclic) bond motifs is 3. The third kappa shape index (κ3) is 4.34. The Morgan fingerprint density at radius 1 is 1.23 bits per heavy atom. The van der Waals surface area contributed by atoms with E-state index >= 15 is 0 Å². The average Bonchev–Trinajstić information content (AvgIpc) is 3.24. The van der Waals surface area contributed by atoms with Gasteiger partial charge in [-0.2, -0.15) is 0 Å². The molecular formula is C26H31ClO4. The molecule has 1 fully saturated rings. The number of hydrogen-bond acceptors (Lipinski definition) is 4. The lowest BCUT2D eigenvalue weighted by molar-refractivity contribution is -0.00467. The van der Waals surface area contributed by atoms with Crippen molar-refractivity contribution in [2.45, 2.75) is 69.9 Å². The minimum Gasteiger partial charge on any atom is -0.489 e. The van der Waals surface area contributed by atoms with E-state index in [1.165, 1.54) is 5.56 Å². The quantitative estimate of drug-likeness (QED) is 0.618. The lowest BCUT2D eigenvalue weighted by Gasteiger charge is -2.32. The number of aliphatic hydroxyl groups is 2. The van der Waals surface area contributed by atoms with Crippen LogP contribution in [0.25, 0.3) is 0 Å². The van der Waals surface area contributed by atoms with Crippen LogP contribution in [0.3, 0.4) is 0 Å². The van der Waals surface area contributed by atoms with E-state index in [0.29, 0.717) is 12.2 Å². The number of para-hydroxylation sites is 2. The summed E-state index contributed by atoms with van der Waals surface area (Å²) in [6.45, 7) is 5.77. The van der Waals surface area contributed by atoms with Crippen molar-refractivity contribution in [3.8, 4) is 11.5 Å². The summed E-state index contributed by atoms with van der Waals surface area (Å²) >= 11 is 6.61. The highest BCUT2D eigenvalue weighted by atomic mass is 35.5. The smallest absolute Gasteiger partial charge is 0.134 e. The second-order valence-electron chi connectivity index (χ2n) is 9.12. The molecule has 5 heteroatoms. The predicted octanol–water partition coefficient (Wildman–Crippen LogP) is 5.21. The number of aryl methyl sites for hydroxylation is 1. The predicted molar refractivity (Wildman–Crippen MR) is 123 cm³/mol. The largest absolute Gasteiger partial charge is 0.489 e. The van der Waals surface area contributed by atoms with Gasteiger partial charge in [-0.05, 0) is 38.0 Å². The molecule has 2 aliphatic rings. The molecule has 166 valence electrons. The maximum atomic E-state index is 11.0. The summed E-state index contributed by atoms with van der Waals surface area (Å²) in [6.07, 6.45) is 2.70. The lowest BCUT2D eigenvalue weighted by atomic mass is 9.86. The van der Waals surface area contributed by atoms with Gasteiger partial charge >= 0.3 is 0 Å². The SMILES string of the molecule is CCCc1cccc2c1O[C@H]1C[C@@H](O)[C@H](/C=C(\Cl)[C@@H](O)C(C)(C)Oc3ccccc3)[C@@H]21. The first-order valence-corrected chi connectivity index (χ1v) is 11.5. The van der Waals surface area contributed by atoms with Crippen molar-refractivity contribution in [1.82, 2.24) is 0 Å². The van der Waals surface area contributed by atoms with Crippen molar-refractivity contribution in [3.63, 3.8) is 0 Å². The second kappa shape index (κ2) is 8.85. The van der Waals surface area contributed by atoms with E-state index < -0.39 is 17.8 Å². The Balaban J connectivity index is 1.57. The summed E-state index contributed by atoms with van der Waals surface area (Å²) in [4.78, 5) is 0. The van der Waals surface area contributed by atoms with Gasteiger partial charge in [0.1, 0.15) is 29.3 Å². The number of hydrogen-bond donors (Lipinski definition) is 2. The fourth-order valence-electron chi connectivity index (χ4n) is 4.86. The van der Waals surface area contributed by atoms with E-state index in [1.807, 2.05) is 36.4 Å². The number of aliphatic hydroxyl groups excluding tert-OH is 2. The van der Waals surface area contributed by atoms with Gasteiger partial charge in [-0.15, -0.1) is 0 Å². The first-order valence-electron chi connectivity index (χ1n) is 11.1. The molecule has 0 amide bonds. The van der Waals surface area contributed by atoms with Gasteiger partial charge < -0.3 is 19.7 Å². The van der Waals surface area contributed by atoms with Crippen molar-refractivity contribution >= 4 is 11.6 Å². The van der Waals surface area contributed by atoms with Crippen molar-refractivity contribution in [2.24, 2.45) is 5.92 Å². The molecule has 2 N–H and O–H groups in total. The Morgan fingerprint density at radius 3 is 2.68 bits per heavy atom. The standard InChI is InChI=1S/C26H31ClO4/c1-4-9-16-10-8-13-18-23-19(21(28)15-22(23)30-24(16)18)14-20(27)25(29)26(2,3)31-17-11-6-5-7-12-17/h5-8,10-14,19,21-23,25,28-29H,4,9,15H2,1-3H3/b20-14-/t19-,21+,22-,23+,25+/m0/s1. The summed E-state index contributed by atoms with van der Waals surface area (Å²) in [7, 11) is 0. The molecule has 0 bridgehead atoms. The lowest BCUT2D eigenvalue weighted by Crippen LogP contribution is -2.42. The molecule has 0 unspecified atom stereocenters. The molecule has 1 saturated carbocycles. The van der Waals surface area contributed by atoms with Crippen LogP contribution in [-0.2, 0) is 6.42 Å². The Kier molecular flexibility index (Phi) is 6.34. The number of ether oxygens (including phenoxy) is 2. The Hall–Kier alpha value is -2.01. The Bertz CT molecular complexity index is 940. The molecule has 4 nitrogen and oxygen atoms in total. The fourth-order valence-corrected chi connectivity index (χ4v) is 5.26. The summed E-state index contributed by atoms with van der Waals surface area (Å²) in [5.41, 5.74) is 1.42. The highest BCUT2D eigenvalue weighted by molar-refractivity contribution is 6.30. The van der Waals surface area contributed by atoms with Crippen LogP contribution in [0, 0.1) is 5.92 Å². The topological polar surface area (TPSA) is 58.9 Å². The van der Waals surface area contributed by atoms with Crippen LogP contribution >= 0.6 is 11.6 Å². The van der Waals surface area contributed by atoms with Crippen LogP contribution in [0.2, 0.25) is 0 Å². The average molecular weight is 443 g/mol. The van der Waals surface area contributed by atoms with E-state index in [9.17, 15) is 10.2 Å². The van der Waals surface area contributed by atoms with Crippen LogP contribution < -0.4 is 9.47 Å². The van der Waals surface area contributed by atoms with Crippen LogP contribution in [0.15, 0.2) is 59.6 Å². The minimum atomic E-state index is -1.03. The zero-order valence-corrected chi connectivity index (χ0v) is 19.0. The zero-order valence-electron chi connectivity index (χ0n) is 18.3. The molecule has 31 heavy (non-hydrogen) atoms. The van der Waals surface area contributed by atoms with Gasteiger partial charge in [0.25, 0.3) is 0 Å². The molecule has 0 spiro atoms. The highest BCUT2D eigenvalue weighted by Crippen LogP contribution is 2.52. The normalized spacial score (nSPS) is 26.2. The van der Waals surface area contributed by atoms with E-state index in [1.54, 1.807) is 13.8 Å². The Morgan fingerprint density at radius 2 is 1.97 bits per heavy atom. The maximum absolute atomic E-state index is 11.0.